The number of anilines is 1. The number of nitrogens with zero attached hydrogens (tertiary/aromatic N) is 1. The fourth-order valence-corrected chi connectivity index (χ4v) is 2.22. The molecule has 0 saturated heterocycles. The van der Waals surface area contributed by atoms with Gasteiger partial charge in [0.15, 0.2) is 5.11 Å². The third kappa shape index (κ3) is 4.03. The van der Waals surface area contributed by atoms with Crippen LogP contribution in [-0.2, 0) is 6.42 Å². The highest BCUT2D eigenvalue weighted by atomic mass is 32.1. The Morgan fingerprint density at radius 1 is 1.15 bits per heavy atom. The van der Waals surface area contributed by atoms with E-state index in [1.807, 2.05) is 24.3 Å². The van der Waals surface area contributed by atoms with Crippen LogP contribution >= 0.6 is 12.2 Å². The van der Waals surface area contributed by atoms with Crippen molar-refractivity contribution in [3.8, 4) is 0 Å². The molecule has 3 nitrogen and oxygen atoms in total. The summed E-state index contributed by atoms with van der Waals surface area (Å²) in [7, 11) is 0. The van der Waals surface area contributed by atoms with Crippen molar-refractivity contribution >= 4 is 23.0 Å². The summed E-state index contributed by atoms with van der Waals surface area (Å²) in [5.41, 5.74) is 3.48. The summed E-state index contributed by atoms with van der Waals surface area (Å²) >= 11 is 5.34. The summed E-state index contributed by atoms with van der Waals surface area (Å²) in [6.07, 6.45) is 4.61. The average Bonchev–Trinajstić information content (AvgIpc) is 2.49. The highest BCUT2D eigenvalue weighted by molar-refractivity contribution is 7.80. The topological polar surface area (TPSA) is 37.0 Å². The molecule has 20 heavy (non-hydrogen) atoms. The Kier molecular flexibility index (Phi) is 5.07. The lowest BCUT2D eigenvalue weighted by atomic mass is 10.1. The third-order valence-electron chi connectivity index (χ3n) is 3.17. The molecule has 2 aromatic rings. The van der Waals surface area contributed by atoms with Crippen LogP contribution in [0.5, 0.6) is 0 Å². The molecule has 0 fully saturated rings. The monoisotopic (exact) mass is 285 g/mol. The Labute approximate surface area is 125 Å². The molecule has 4 heteroatoms. The van der Waals surface area contributed by atoms with Gasteiger partial charge in [0.1, 0.15) is 0 Å². The zero-order chi connectivity index (χ0) is 14.4. The van der Waals surface area contributed by atoms with Gasteiger partial charge in [0.25, 0.3) is 0 Å². The first-order valence-corrected chi connectivity index (χ1v) is 7.16. The predicted molar refractivity (Wildman–Crippen MR) is 87.8 cm³/mol. The molecule has 2 rings (SSSR count). The number of pyridine rings is 1. The van der Waals surface area contributed by atoms with E-state index >= 15 is 0 Å². The van der Waals surface area contributed by atoms with Crippen LogP contribution in [0.25, 0.3) is 0 Å². The second kappa shape index (κ2) is 7.01. The Morgan fingerprint density at radius 3 is 2.40 bits per heavy atom. The minimum absolute atomic E-state index is 0.146. The van der Waals surface area contributed by atoms with Gasteiger partial charge in [0, 0.05) is 18.1 Å². The zero-order valence-corrected chi connectivity index (χ0v) is 12.6. The van der Waals surface area contributed by atoms with Gasteiger partial charge in [0.2, 0.25) is 0 Å². The highest BCUT2D eigenvalue weighted by Crippen LogP contribution is 2.12. The molecule has 0 spiro atoms. The molecule has 0 bridgehead atoms. The van der Waals surface area contributed by atoms with Crippen molar-refractivity contribution in [2.24, 2.45) is 0 Å². The van der Waals surface area contributed by atoms with Crippen LogP contribution in [0.2, 0.25) is 0 Å². The Bertz CT molecular complexity index is 552. The molecule has 0 saturated carbocycles. The number of hydrogen-bond donors (Lipinski definition) is 2. The van der Waals surface area contributed by atoms with Gasteiger partial charge in [-0.1, -0.05) is 19.1 Å². The summed E-state index contributed by atoms with van der Waals surface area (Å²) in [5.74, 6) is 0. The molecule has 1 aromatic heterocycles. The zero-order valence-electron chi connectivity index (χ0n) is 11.8. The van der Waals surface area contributed by atoms with E-state index in [2.05, 4.69) is 41.6 Å². The molecule has 0 aliphatic heterocycles. The van der Waals surface area contributed by atoms with Crippen LogP contribution in [0.4, 0.5) is 5.69 Å². The first kappa shape index (κ1) is 14.5. The van der Waals surface area contributed by atoms with Crippen molar-refractivity contribution in [1.29, 1.82) is 0 Å². The van der Waals surface area contributed by atoms with Crippen LogP contribution in [-0.4, -0.2) is 10.1 Å². The fourth-order valence-electron chi connectivity index (χ4n) is 1.92. The molecule has 104 valence electrons. The van der Waals surface area contributed by atoms with Crippen molar-refractivity contribution in [2.45, 2.75) is 26.3 Å². The highest BCUT2D eigenvalue weighted by Gasteiger charge is 2.06. The van der Waals surface area contributed by atoms with Gasteiger partial charge in [-0.05, 0) is 61.0 Å². The predicted octanol–water partition coefficient (Wildman–Crippen LogP) is 3.69. The van der Waals surface area contributed by atoms with Gasteiger partial charge < -0.3 is 10.6 Å². The number of rotatable bonds is 4. The molecule has 0 unspecified atom stereocenters. The lowest BCUT2D eigenvalue weighted by Crippen LogP contribution is -2.30. The van der Waals surface area contributed by atoms with Crippen molar-refractivity contribution in [3.63, 3.8) is 0 Å². The molecule has 1 heterocycles. The van der Waals surface area contributed by atoms with E-state index in [-0.39, 0.29) is 6.04 Å². The fraction of sp³-hybridized carbons (Fsp3) is 0.250. The number of hydrogen-bond acceptors (Lipinski definition) is 2. The van der Waals surface area contributed by atoms with Crippen molar-refractivity contribution < 1.29 is 0 Å². The normalized spacial score (nSPS) is 11.7. The van der Waals surface area contributed by atoms with Crippen molar-refractivity contribution in [3.05, 3.63) is 59.9 Å². The average molecular weight is 285 g/mol. The maximum absolute atomic E-state index is 5.34. The van der Waals surface area contributed by atoms with E-state index < -0.39 is 0 Å². The van der Waals surface area contributed by atoms with Crippen LogP contribution in [0.1, 0.15) is 31.0 Å². The molecule has 1 aromatic carbocycles. The summed E-state index contributed by atoms with van der Waals surface area (Å²) in [6.45, 7) is 4.22. The number of thiocarbonyl (C=S) groups is 1. The van der Waals surface area contributed by atoms with Gasteiger partial charge in [-0.15, -0.1) is 0 Å². The van der Waals surface area contributed by atoms with Gasteiger partial charge in [-0.25, -0.2) is 0 Å². The van der Waals surface area contributed by atoms with E-state index in [1.165, 1.54) is 5.56 Å². The van der Waals surface area contributed by atoms with Crippen molar-refractivity contribution in [2.75, 3.05) is 5.32 Å². The van der Waals surface area contributed by atoms with E-state index in [9.17, 15) is 0 Å². The number of nitrogens with one attached hydrogen (secondary N) is 2. The molecule has 2 N–H and O–H groups in total. The van der Waals surface area contributed by atoms with Gasteiger partial charge in [-0.2, -0.15) is 0 Å². The minimum Gasteiger partial charge on any atom is -0.356 e. The van der Waals surface area contributed by atoms with Gasteiger partial charge in [0.05, 0.1) is 6.04 Å². The molecule has 0 amide bonds. The lowest BCUT2D eigenvalue weighted by molar-refractivity contribution is 0.721. The van der Waals surface area contributed by atoms with Gasteiger partial charge >= 0.3 is 0 Å². The van der Waals surface area contributed by atoms with Crippen LogP contribution < -0.4 is 10.6 Å². The SMILES string of the molecule is CCc1ccc(NC(=S)N[C@H](C)c2ccncc2)cc1. The molecular weight excluding hydrogens is 266 g/mol. The van der Waals surface area contributed by atoms with Crippen LogP contribution in [0.3, 0.4) is 0 Å². The Balaban J connectivity index is 1.91. The number of benzene rings is 1. The van der Waals surface area contributed by atoms with Gasteiger partial charge in [-0.3, -0.25) is 4.98 Å². The second-order valence-electron chi connectivity index (χ2n) is 4.65. The smallest absolute Gasteiger partial charge is 0.171 e. The number of aromatic nitrogens is 1. The summed E-state index contributed by atoms with van der Waals surface area (Å²) < 4.78 is 0. The van der Waals surface area contributed by atoms with Crippen molar-refractivity contribution in [1.82, 2.24) is 10.3 Å². The molecule has 1 atom stereocenters. The van der Waals surface area contributed by atoms with Crippen LogP contribution in [0.15, 0.2) is 48.8 Å². The lowest BCUT2D eigenvalue weighted by Gasteiger charge is -2.17. The second-order valence-corrected chi connectivity index (χ2v) is 5.06. The Hall–Kier alpha value is -1.94. The van der Waals surface area contributed by atoms with E-state index in [1.54, 1.807) is 12.4 Å². The maximum atomic E-state index is 5.34. The summed E-state index contributed by atoms with van der Waals surface area (Å²) in [5, 5.41) is 7.09. The molecule has 0 aliphatic rings. The van der Waals surface area contributed by atoms with E-state index in [4.69, 9.17) is 12.2 Å². The molecule has 0 aliphatic carbocycles. The van der Waals surface area contributed by atoms with E-state index in [0.29, 0.717) is 5.11 Å². The summed E-state index contributed by atoms with van der Waals surface area (Å²) in [4.78, 5) is 4.01. The molecular formula is C16H19N3S. The minimum atomic E-state index is 0.146. The molecule has 0 radical (unpaired) electrons. The van der Waals surface area contributed by atoms with Crippen LogP contribution in [0, 0.1) is 0 Å². The maximum Gasteiger partial charge on any atom is 0.171 e. The Morgan fingerprint density at radius 2 is 1.80 bits per heavy atom. The first-order chi connectivity index (χ1) is 9.69. The quantitative estimate of drug-likeness (QED) is 0.840. The largest absolute Gasteiger partial charge is 0.356 e. The number of aryl methyl sites for hydroxylation is 1. The van der Waals surface area contributed by atoms with E-state index in [0.717, 1.165) is 17.7 Å². The third-order valence-corrected chi connectivity index (χ3v) is 3.39. The standard InChI is InChI=1S/C16H19N3S/c1-3-13-4-6-15(7-5-13)19-16(20)18-12(2)14-8-10-17-11-9-14/h4-12H,3H2,1-2H3,(H2,18,19,20)/t12-/m1/s1. The first-order valence-electron chi connectivity index (χ1n) is 6.75. The summed E-state index contributed by atoms with van der Waals surface area (Å²) in [6, 6.07) is 12.4.